The molecule has 1 saturated heterocycles. The molecule has 1 aromatic rings. The molecule has 0 bridgehead atoms. The molecule has 1 N–H and O–H groups in total. The van der Waals surface area contributed by atoms with Gasteiger partial charge in [-0.3, -0.25) is 9.59 Å². The molecule has 1 aromatic carbocycles. The minimum atomic E-state index is -0.211. The smallest absolute Gasteiger partial charge is 0.244 e. The predicted molar refractivity (Wildman–Crippen MR) is 96.3 cm³/mol. The number of carbonyl (C=O) groups is 2. The van der Waals surface area contributed by atoms with Crippen LogP contribution in [0.2, 0.25) is 0 Å². The van der Waals surface area contributed by atoms with Crippen LogP contribution in [0.1, 0.15) is 25.8 Å². The van der Waals surface area contributed by atoms with E-state index in [0.29, 0.717) is 39.3 Å². The Morgan fingerprint density at radius 1 is 1.24 bits per heavy atom. The summed E-state index contributed by atoms with van der Waals surface area (Å²) in [5.74, 6) is 0.642. The van der Waals surface area contributed by atoms with Crippen molar-refractivity contribution in [2.75, 3.05) is 32.8 Å². The first kappa shape index (κ1) is 19.0. The van der Waals surface area contributed by atoms with Crippen LogP contribution >= 0.6 is 0 Å². The zero-order chi connectivity index (χ0) is 18.1. The third-order valence-corrected chi connectivity index (χ3v) is 3.68. The molecule has 2 amide bonds. The number of amides is 2. The average Bonchev–Trinajstić information content (AvgIpc) is 2.61. The monoisotopic (exact) mass is 346 g/mol. The van der Waals surface area contributed by atoms with E-state index >= 15 is 0 Å². The van der Waals surface area contributed by atoms with Crippen molar-refractivity contribution in [1.29, 1.82) is 0 Å². The minimum Gasteiger partial charge on any atom is -0.491 e. The molecule has 0 aliphatic carbocycles. The van der Waals surface area contributed by atoms with Gasteiger partial charge in [0, 0.05) is 32.1 Å². The maximum absolute atomic E-state index is 12.0. The lowest BCUT2D eigenvalue weighted by Gasteiger charge is -2.26. The fourth-order valence-electron chi connectivity index (χ4n) is 2.42. The Hall–Kier alpha value is -2.34. The van der Waals surface area contributed by atoms with Crippen LogP contribution in [0, 0.1) is 0 Å². The Balaban J connectivity index is 1.70. The molecule has 1 heterocycles. The van der Waals surface area contributed by atoms with Gasteiger partial charge in [0.05, 0.1) is 19.3 Å². The van der Waals surface area contributed by atoms with Crippen LogP contribution in [-0.2, 0) is 14.3 Å². The summed E-state index contributed by atoms with van der Waals surface area (Å²) >= 11 is 0. The van der Waals surface area contributed by atoms with E-state index in [-0.39, 0.29) is 17.9 Å². The van der Waals surface area contributed by atoms with Crippen molar-refractivity contribution in [2.45, 2.75) is 26.4 Å². The zero-order valence-corrected chi connectivity index (χ0v) is 14.9. The second-order valence-electron chi connectivity index (χ2n) is 6.10. The molecular formula is C19H26N2O4. The van der Waals surface area contributed by atoms with Crippen LogP contribution in [-0.4, -0.2) is 55.7 Å². The second kappa shape index (κ2) is 9.84. The second-order valence-corrected chi connectivity index (χ2v) is 6.10. The van der Waals surface area contributed by atoms with E-state index in [0.717, 1.165) is 11.3 Å². The lowest BCUT2D eigenvalue weighted by atomic mass is 10.2. The van der Waals surface area contributed by atoms with Gasteiger partial charge in [-0.1, -0.05) is 12.1 Å². The van der Waals surface area contributed by atoms with Crippen LogP contribution < -0.4 is 10.1 Å². The summed E-state index contributed by atoms with van der Waals surface area (Å²) in [5.41, 5.74) is 0.913. The molecule has 0 radical (unpaired) electrons. The van der Waals surface area contributed by atoms with Crippen molar-refractivity contribution in [3.05, 3.63) is 35.9 Å². The van der Waals surface area contributed by atoms with Crippen molar-refractivity contribution in [3.63, 3.8) is 0 Å². The zero-order valence-electron chi connectivity index (χ0n) is 14.9. The Morgan fingerprint density at radius 2 is 1.92 bits per heavy atom. The van der Waals surface area contributed by atoms with Crippen molar-refractivity contribution < 1.29 is 19.1 Å². The molecule has 0 unspecified atom stereocenters. The van der Waals surface area contributed by atoms with Gasteiger partial charge in [0.25, 0.3) is 0 Å². The van der Waals surface area contributed by atoms with Crippen LogP contribution in [0.25, 0.3) is 6.08 Å². The highest BCUT2D eigenvalue weighted by Crippen LogP contribution is 2.14. The lowest BCUT2D eigenvalue weighted by molar-refractivity contribution is -0.135. The maximum atomic E-state index is 12.0. The molecule has 1 aliphatic rings. The normalized spacial score (nSPS) is 14.8. The number of nitrogens with one attached hydrogen (secondary N) is 1. The Kier molecular flexibility index (Phi) is 7.47. The SMILES string of the molecule is CC(C)Oc1ccc(/C=C\C(=O)NCCC(=O)N2CCOCC2)cc1. The summed E-state index contributed by atoms with van der Waals surface area (Å²) in [6, 6.07) is 7.53. The molecule has 0 spiro atoms. The molecule has 6 nitrogen and oxygen atoms in total. The van der Waals surface area contributed by atoms with Crippen molar-refractivity contribution >= 4 is 17.9 Å². The van der Waals surface area contributed by atoms with Gasteiger partial charge >= 0.3 is 0 Å². The largest absolute Gasteiger partial charge is 0.491 e. The number of benzene rings is 1. The van der Waals surface area contributed by atoms with Gasteiger partial charge in [0.1, 0.15) is 5.75 Å². The highest BCUT2D eigenvalue weighted by Gasteiger charge is 2.16. The highest BCUT2D eigenvalue weighted by molar-refractivity contribution is 5.92. The van der Waals surface area contributed by atoms with Crippen molar-refractivity contribution in [1.82, 2.24) is 10.2 Å². The van der Waals surface area contributed by atoms with E-state index in [1.54, 1.807) is 11.0 Å². The summed E-state index contributed by atoms with van der Waals surface area (Å²) in [6.07, 6.45) is 3.64. The lowest BCUT2D eigenvalue weighted by Crippen LogP contribution is -2.41. The van der Waals surface area contributed by atoms with Gasteiger partial charge in [-0.25, -0.2) is 0 Å². The van der Waals surface area contributed by atoms with E-state index in [9.17, 15) is 9.59 Å². The number of carbonyl (C=O) groups excluding carboxylic acids is 2. The molecule has 0 aromatic heterocycles. The quantitative estimate of drug-likeness (QED) is 0.765. The third-order valence-electron chi connectivity index (χ3n) is 3.68. The predicted octanol–water partition coefficient (Wildman–Crippen LogP) is 1.85. The van der Waals surface area contributed by atoms with Crippen LogP contribution in [0.15, 0.2) is 30.3 Å². The fourth-order valence-corrected chi connectivity index (χ4v) is 2.42. The summed E-state index contributed by atoms with van der Waals surface area (Å²) in [7, 11) is 0. The van der Waals surface area contributed by atoms with Crippen molar-refractivity contribution in [2.24, 2.45) is 0 Å². The molecule has 0 atom stereocenters. The molecule has 136 valence electrons. The third kappa shape index (κ3) is 6.97. The molecule has 6 heteroatoms. The van der Waals surface area contributed by atoms with Gasteiger partial charge in [-0.15, -0.1) is 0 Å². The number of nitrogens with zero attached hydrogens (tertiary/aromatic N) is 1. The Bertz CT molecular complexity index is 590. The molecule has 1 fully saturated rings. The number of rotatable bonds is 7. The topological polar surface area (TPSA) is 67.9 Å². The van der Waals surface area contributed by atoms with Crippen LogP contribution in [0.4, 0.5) is 0 Å². The number of morpholine rings is 1. The first-order valence-corrected chi connectivity index (χ1v) is 8.63. The summed E-state index contributed by atoms with van der Waals surface area (Å²) in [4.78, 5) is 25.5. The molecule has 0 saturated carbocycles. The van der Waals surface area contributed by atoms with Crippen LogP contribution in [0.3, 0.4) is 0 Å². The first-order valence-electron chi connectivity index (χ1n) is 8.63. The van der Waals surface area contributed by atoms with E-state index in [2.05, 4.69) is 5.32 Å². The minimum absolute atomic E-state index is 0.0494. The number of hydrogen-bond acceptors (Lipinski definition) is 4. The number of ether oxygens (including phenoxy) is 2. The summed E-state index contributed by atoms with van der Waals surface area (Å²) in [5, 5.41) is 2.73. The van der Waals surface area contributed by atoms with Gasteiger partial charge in [-0.2, -0.15) is 0 Å². The van der Waals surface area contributed by atoms with Crippen molar-refractivity contribution in [3.8, 4) is 5.75 Å². The summed E-state index contributed by atoms with van der Waals surface area (Å²) < 4.78 is 10.8. The van der Waals surface area contributed by atoms with E-state index < -0.39 is 0 Å². The average molecular weight is 346 g/mol. The van der Waals surface area contributed by atoms with Gasteiger partial charge in [0.2, 0.25) is 11.8 Å². The van der Waals surface area contributed by atoms with E-state index in [1.165, 1.54) is 6.08 Å². The van der Waals surface area contributed by atoms with Crippen LogP contribution in [0.5, 0.6) is 5.75 Å². The molecule has 25 heavy (non-hydrogen) atoms. The first-order chi connectivity index (χ1) is 12.0. The summed E-state index contributed by atoms with van der Waals surface area (Å²) in [6.45, 7) is 6.71. The molecular weight excluding hydrogens is 320 g/mol. The van der Waals surface area contributed by atoms with E-state index in [4.69, 9.17) is 9.47 Å². The highest BCUT2D eigenvalue weighted by atomic mass is 16.5. The molecule has 1 aliphatic heterocycles. The molecule has 2 rings (SSSR count). The Morgan fingerprint density at radius 3 is 2.56 bits per heavy atom. The van der Waals surface area contributed by atoms with Gasteiger partial charge in [-0.05, 0) is 37.6 Å². The van der Waals surface area contributed by atoms with Gasteiger partial charge < -0.3 is 19.7 Å². The fraction of sp³-hybridized carbons (Fsp3) is 0.474. The number of hydrogen-bond donors (Lipinski definition) is 1. The Labute approximate surface area is 148 Å². The van der Waals surface area contributed by atoms with E-state index in [1.807, 2.05) is 38.1 Å². The maximum Gasteiger partial charge on any atom is 0.244 e. The van der Waals surface area contributed by atoms with Gasteiger partial charge in [0.15, 0.2) is 0 Å². The standard InChI is InChI=1S/C19H26N2O4/c1-15(2)25-17-6-3-16(4-7-17)5-8-18(22)20-10-9-19(23)21-11-13-24-14-12-21/h3-8,15H,9-14H2,1-2H3,(H,20,22)/b8-5-.